The Labute approximate surface area is 95.0 Å². The van der Waals surface area contributed by atoms with Gasteiger partial charge in [-0.25, -0.2) is 0 Å². The third-order valence-electron chi connectivity index (χ3n) is 1.74. The van der Waals surface area contributed by atoms with Gasteiger partial charge in [-0.15, -0.1) is 0 Å². The van der Waals surface area contributed by atoms with E-state index in [2.05, 4.69) is 13.8 Å². The molecule has 0 atom stereocenters. The zero-order valence-corrected chi connectivity index (χ0v) is 11.2. The molecule has 0 aliphatic rings. The molecular weight excluding hydrogens is 188 g/mol. The molecule has 0 aromatic heterocycles. The van der Waals surface area contributed by atoms with Crippen LogP contribution in [0.5, 0.6) is 0 Å². The van der Waals surface area contributed by atoms with E-state index in [-0.39, 0.29) is 5.91 Å². The number of hydrogen-bond donors (Lipinski definition) is 1. The molecular formula is C12H28N2O. The first-order valence-electron chi connectivity index (χ1n) is 5.95. The van der Waals surface area contributed by atoms with Crippen LogP contribution in [-0.4, -0.2) is 24.0 Å². The zero-order chi connectivity index (χ0) is 12.4. The second kappa shape index (κ2) is 9.97. The SMILES string of the molecule is CC.CC(C)CC(=O)N(CN)CC(C)C. The number of rotatable bonds is 5. The van der Waals surface area contributed by atoms with Crippen LogP contribution < -0.4 is 5.73 Å². The summed E-state index contributed by atoms with van der Waals surface area (Å²) < 4.78 is 0. The predicted octanol–water partition coefficient (Wildman–Crippen LogP) is 2.46. The molecule has 0 aliphatic carbocycles. The first-order chi connectivity index (χ1) is 6.97. The van der Waals surface area contributed by atoms with Crippen LogP contribution in [0.2, 0.25) is 0 Å². The Morgan fingerprint density at radius 3 is 1.87 bits per heavy atom. The number of amides is 1. The Morgan fingerprint density at radius 1 is 1.13 bits per heavy atom. The molecule has 15 heavy (non-hydrogen) atoms. The summed E-state index contributed by atoms with van der Waals surface area (Å²) >= 11 is 0. The summed E-state index contributed by atoms with van der Waals surface area (Å²) in [6, 6.07) is 0. The number of hydrogen-bond acceptors (Lipinski definition) is 2. The quantitative estimate of drug-likeness (QED) is 0.718. The lowest BCUT2D eigenvalue weighted by atomic mass is 10.1. The van der Waals surface area contributed by atoms with Crippen molar-refractivity contribution >= 4 is 5.91 Å². The van der Waals surface area contributed by atoms with Crippen LogP contribution in [0.15, 0.2) is 0 Å². The molecule has 3 nitrogen and oxygen atoms in total. The van der Waals surface area contributed by atoms with Crippen LogP contribution in [0.3, 0.4) is 0 Å². The van der Waals surface area contributed by atoms with Crippen molar-refractivity contribution in [1.29, 1.82) is 0 Å². The highest BCUT2D eigenvalue weighted by molar-refractivity contribution is 5.76. The van der Waals surface area contributed by atoms with Crippen molar-refractivity contribution < 1.29 is 4.79 Å². The van der Waals surface area contributed by atoms with Crippen LogP contribution in [0, 0.1) is 11.8 Å². The average Bonchev–Trinajstić information content (AvgIpc) is 2.15. The van der Waals surface area contributed by atoms with Crippen molar-refractivity contribution in [3.05, 3.63) is 0 Å². The van der Waals surface area contributed by atoms with E-state index >= 15 is 0 Å². The van der Waals surface area contributed by atoms with Crippen LogP contribution in [-0.2, 0) is 4.79 Å². The first kappa shape index (κ1) is 16.8. The van der Waals surface area contributed by atoms with Gasteiger partial charge in [0.2, 0.25) is 5.91 Å². The smallest absolute Gasteiger partial charge is 0.223 e. The Balaban J connectivity index is 0. The molecule has 0 unspecified atom stereocenters. The van der Waals surface area contributed by atoms with Gasteiger partial charge in [0.25, 0.3) is 0 Å². The highest BCUT2D eigenvalue weighted by Gasteiger charge is 2.13. The summed E-state index contributed by atoms with van der Waals surface area (Å²) in [4.78, 5) is 13.3. The topological polar surface area (TPSA) is 46.3 Å². The van der Waals surface area contributed by atoms with E-state index in [0.717, 1.165) is 6.54 Å². The van der Waals surface area contributed by atoms with Crippen LogP contribution >= 0.6 is 0 Å². The van der Waals surface area contributed by atoms with Crippen LogP contribution in [0.1, 0.15) is 48.0 Å². The lowest BCUT2D eigenvalue weighted by molar-refractivity contribution is -0.132. The van der Waals surface area contributed by atoms with Crippen molar-refractivity contribution in [3.63, 3.8) is 0 Å². The highest BCUT2D eigenvalue weighted by Crippen LogP contribution is 2.05. The first-order valence-corrected chi connectivity index (χ1v) is 5.95. The molecule has 1 amide bonds. The molecule has 0 fully saturated rings. The van der Waals surface area contributed by atoms with Gasteiger partial charge in [-0.05, 0) is 11.8 Å². The van der Waals surface area contributed by atoms with Gasteiger partial charge in [0.1, 0.15) is 0 Å². The summed E-state index contributed by atoms with van der Waals surface area (Å²) in [5.41, 5.74) is 5.50. The number of nitrogens with zero attached hydrogens (tertiary/aromatic N) is 1. The number of nitrogens with two attached hydrogens (primary N) is 1. The van der Waals surface area contributed by atoms with E-state index in [9.17, 15) is 4.79 Å². The summed E-state index contributed by atoms with van der Waals surface area (Å²) in [6.07, 6.45) is 0.601. The van der Waals surface area contributed by atoms with Crippen LogP contribution in [0.4, 0.5) is 0 Å². The Hall–Kier alpha value is -0.570. The second-order valence-corrected chi connectivity index (χ2v) is 4.29. The summed E-state index contributed by atoms with van der Waals surface area (Å²) in [5.74, 6) is 1.07. The maximum absolute atomic E-state index is 11.6. The molecule has 0 saturated carbocycles. The van der Waals surface area contributed by atoms with Gasteiger partial charge in [-0.3, -0.25) is 4.79 Å². The van der Waals surface area contributed by atoms with Gasteiger partial charge in [0.15, 0.2) is 0 Å². The van der Waals surface area contributed by atoms with Crippen molar-refractivity contribution in [1.82, 2.24) is 4.90 Å². The fourth-order valence-corrected chi connectivity index (χ4v) is 1.20. The van der Waals surface area contributed by atoms with Crippen molar-refractivity contribution in [2.45, 2.75) is 48.0 Å². The molecule has 0 aliphatic heterocycles. The standard InChI is InChI=1S/C10H22N2O.C2H6/c1-8(2)5-10(13)12(7-11)6-9(3)4;1-2/h8-9H,5-7,11H2,1-4H3;1-2H3. The molecule has 0 bridgehead atoms. The van der Waals surface area contributed by atoms with Gasteiger partial charge < -0.3 is 10.6 Å². The van der Waals surface area contributed by atoms with E-state index in [1.54, 1.807) is 4.90 Å². The fraction of sp³-hybridized carbons (Fsp3) is 0.917. The molecule has 0 spiro atoms. The van der Waals surface area contributed by atoms with E-state index in [1.807, 2.05) is 27.7 Å². The van der Waals surface area contributed by atoms with Crippen molar-refractivity contribution in [3.8, 4) is 0 Å². The van der Waals surface area contributed by atoms with E-state index < -0.39 is 0 Å². The molecule has 0 saturated heterocycles. The lowest BCUT2D eigenvalue weighted by Crippen LogP contribution is -2.39. The third kappa shape index (κ3) is 9.73. The summed E-state index contributed by atoms with van der Waals surface area (Å²) in [6.45, 7) is 13.4. The average molecular weight is 216 g/mol. The zero-order valence-electron chi connectivity index (χ0n) is 11.2. The number of carbonyl (C=O) groups is 1. The molecule has 2 N–H and O–H groups in total. The fourth-order valence-electron chi connectivity index (χ4n) is 1.20. The van der Waals surface area contributed by atoms with Gasteiger partial charge >= 0.3 is 0 Å². The minimum Gasteiger partial charge on any atom is -0.330 e. The second-order valence-electron chi connectivity index (χ2n) is 4.29. The minimum absolute atomic E-state index is 0.172. The maximum Gasteiger partial charge on any atom is 0.223 e. The normalized spacial score (nSPS) is 9.93. The Bertz CT molecular complexity index is 156. The monoisotopic (exact) mass is 216 g/mol. The van der Waals surface area contributed by atoms with E-state index in [0.29, 0.717) is 24.9 Å². The van der Waals surface area contributed by atoms with Crippen molar-refractivity contribution in [2.24, 2.45) is 17.6 Å². The molecule has 0 aromatic carbocycles. The molecule has 0 rings (SSSR count). The summed E-state index contributed by atoms with van der Waals surface area (Å²) in [7, 11) is 0. The largest absolute Gasteiger partial charge is 0.330 e. The highest BCUT2D eigenvalue weighted by atomic mass is 16.2. The lowest BCUT2D eigenvalue weighted by Gasteiger charge is -2.23. The van der Waals surface area contributed by atoms with Gasteiger partial charge in [0.05, 0.1) is 6.67 Å². The predicted molar refractivity (Wildman–Crippen MR) is 66.4 cm³/mol. The molecule has 3 heteroatoms. The van der Waals surface area contributed by atoms with Crippen LogP contribution in [0.25, 0.3) is 0 Å². The third-order valence-corrected chi connectivity index (χ3v) is 1.74. The molecule has 92 valence electrons. The molecule has 0 aromatic rings. The van der Waals surface area contributed by atoms with Gasteiger partial charge in [-0.2, -0.15) is 0 Å². The minimum atomic E-state index is 0.172. The molecule has 0 radical (unpaired) electrons. The number of carbonyl (C=O) groups excluding carboxylic acids is 1. The molecule has 0 heterocycles. The summed E-state index contributed by atoms with van der Waals surface area (Å²) in [5, 5.41) is 0. The Kier molecular flexibility index (Phi) is 11.2. The maximum atomic E-state index is 11.6. The van der Waals surface area contributed by atoms with Gasteiger partial charge in [-0.1, -0.05) is 41.5 Å². The Morgan fingerprint density at radius 2 is 1.60 bits per heavy atom. The van der Waals surface area contributed by atoms with E-state index in [4.69, 9.17) is 5.73 Å². The van der Waals surface area contributed by atoms with Crippen molar-refractivity contribution in [2.75, 3.05) is 13.2 Å². The van der Waals surface area contributed by atoms with Gasteiger partial charge in [0, 0.05) is 13.0 Å². The van der Waals surface area contributed by atoms with E-state index in [1.165, 1.54) is 0 Å².